The molecule has 2 aromatic carbocycles. The second-order valence-electron chi connectivity index (χ2n) is 11.0. The summed E-state index contributed by atoms with van der Waals surface area (Å²) >= 11 is 6.11. The fourth-order valence-corrected chi connectivity index (χ4v) is 5.62. The Morgan fingerprint density at radius 2 is 1.87 bits per heavy atom. The number of hydrogen-bond acceptors (Lipinski definition) is 4. The van der Waals surface area contributed by atoms with E-state index in [0.717, 1.165) is 34.6 Å². The van der Waals surface area contributed by atoms with E-state index in [-0.39, 0.29) is 35.9 Å². The normalized spacial score (nSPS) is 22.8. The lowest BCUT2D eigenvalue weighted by molar-refractivity contribution is -0.137. The number of amides is 1. The zero-order valence-electron chi connectivity index (χ0n) is 22.2. The summed E-state index contributed by atoms with van der Waals surface area (Å²) in [5.74, 6) is -0.157. The number of rotatable bonds is 8. The van der Waals surface area contributed by atoms with Crippen LogP contribution in [0, 0.1) is 5.92 Å². The average molecular weight is 545 g/mol. The highest BCUT2D eigenvalue weighted by Gasteiger charge is 2.35. The van der Waals surface area contributed by atoms with Gasteiger partial charge in [-0.25, -0.2) is 0 Å². The molecule has 202 valence electrons. The molecule has 7 heteroatoms. The van der Waals surface area contributed by atoms with Crippen LogP contribution in [-0.2, 0) is 9.59 Å². The van der Waals surface area contributed by atoms with Crippen molar-refractivity contribution in [3.8, 4) is 5.75 Å². The number of nitrogens with one attached hydrogen (secondary N) is 1. The van der Waals surface area contributed by atoms with Crippen molar-refractivity contribution in [1.82, 2.24) is 5.32 Å². The summed E-state index contributed by atoms with van der Waals surface area (Å²) in [4.78, 5) is 29.5. The average Bonchev–Trinajstić information content (AvgIpc) is 2.90. The number of carbonyl (C=O) groups is 2. The molecule has 1 aliphatic carbocycles. The molecule has 2 aromatic rings. The van der Waals surface area contributed by atoms with Crippen molar-refractivity contribution >= 4 is 29.2 Å². The molecular weight excluding hydrogens is 512 g/mol. The summed E-state index contributed by atoms with van der Waals surface area (Å²) in [5.41, 5.74) is 4.16. The van der Waals surface area contributed by atoms with E-state index < -0.39 is 5.97 Å². The molecule has 3 aliphatic rings. The molecule has 2 heterocycles. The third-order valence-electron chi connectivity index (χ3n) is 7.36. The molecular formula is C32H33ClN2O4. The van der Waals surface area contributed by atoms with Gasteiger partial charge >= 0.3 is 5.97 Å². The fourth-order valence-electron chi connectivity index (χ4n) is 5.50. The summed E-state index contributed by atoms with van der Waals surface area (Å²) in [7, 11) is 0. The first kappa shape index (κ1) is 26.9. The van der Waals surface area contributed by atoms with Gasteiger partial charge in [0.25, 0.3) is 5.91 Å². The number of allylic oxidation sites excluding steroid dienone is 1. The Balaban J connectivity index is 1.36. The number of hydrogen-bond donors (Lipinski definition) is 2. The smallest absolute Gasteiger partial charge is 0.303 e. The number of ether oxygens (including phenoxy) is 1. The minimum atomic E-state index is -0.786. The number of carboxylic acids is 1. The Hall–Kier alpha value is -3.64. The number of aliphatic carboxylic acids is 1. The number of fused-ring (bicyclic) bond motifs is 2. The van der Waals surface area contributed by atoms with Crippen LogP contribution in [0.3, 0.4) is 0 Å². The van der Waals surface area contributed by atoms with Crippen LogP contribution >= 0.6 is 11.6 Å². The zero-order valence-corrected chi connectivity index (χ0v) is 22.9. The van der Waals surface area contributed by atoms with E-state index in [2.05, 4.69) is 11.4 Å². The molecule has 39 heavy (non-hydrogen) atoms. The van der Waals surface area contributed by atoms with E-state index in [1.54, 1.807) is 0 Å². The van der Waals surface area contributed by atoms with E-state index in [1.165, 1.54) is 0 Å². The number of unbranched alkanes of at least 4 members (excludes halogenated alkanes) is 1. The maximum absolute atomic E-state index is 13.4. The van der Waals surface area contributed by atoms with Crippen LogP contribution < -0.4 is 10.1 Å². The predicted octanol–water partition coefficient (Wildman–Crippen LogP) is 6.61. The van der Waals surface area contributed by atoms with Gasteiger partial charge in [0.1, 0.15) is 11.4 Å². The van der Waals surface area contributed by atoms with Crippen molar-refractivity contribution in [1.29, 1.82) is 0 Å². The Labute approximate surface area is 234 Å². The molecule has 2 N–H and O–H groups in total. The molecule has 3 unspecified atom stereocenters. The lowest BCUT2D eigenvalue weighted by Gasteiger charge is -2.38. The van der Waals surface area contributed by atoms with Crippen LogP contribution in [0.5, 0.6) is 5.75 Å². The van der Waals surface area contributed by atoms with Gasteiger partial charge in [0.05, 0.1) is 17.8 Å². The Morgan fingerprint density at radius 1 is 1.10 bits per heavy atom. The minimum Gasteiger partial charge on any atom is -0.487 e. The highest BCUT2D eigenvalue weighted by Crippen LogP contribution is 2.39. The summed E-state index contributed by atoms with van der Waals surface area (Å²) in [5, 5.41) is 12.9. The van der Waals surface area contributed by atoms with Crippen LogP contribution in [0.4, 0.5) is 0 Å². The van der Waals surface area contributed by atoms with E-state index in [0.29, 0.717) is 29.9 Å². The summed E-state index contributed by atoms with van der Waals surface area (Å²) in [6.45, 7) is 4.07. The molecule has 0 spiro atoms. The number of carbonyl (C=O) groups excluding carboxylic acids is 1. The second-order valence-corrected chi connectivity index (χ2v) is 11.4. The predicted molar refractivity (Wildman–Crippen MR) is 153 cm³/mol. The van der Waals surface area contributed by atoms with Crippen LogP contribution in [-0.4, -0.2) is 34.3 Å². The topological polar surface area (TPSA) is 88.0 Å². The van der Waals surface area contributed by atoms with Gasteiger partial charge in [-0.3, -0.25) is 14.6 Å². The third kappa shape index (κ3) is 6.34. The van der Waals surface area contributed by atoms with Gasteiger partial charge in [0.15, 0.2) is 0 Å². The Bertz CT molecular complexity index is 1390. The summed E-state index contributed by atoms with van der Waals surface area (Å²) in [6.07, 6.45) is 10.9. The van der Waals surface area contributed by atoms with Crippen molar-refractivity contribution in [3.05, 3.63) is 100 Å². The summed E-state index contributed by atoms with van der Waals surface area (Å²) < 4.78 is 6.12. The SMILES string of the molecule is CC1(C)CC(NC(=O)C2=CC3C=C(CCCCC(=O)O)C(c4ccc(Cl)cc4)=NC3C=C2)c2ccccc2O1. The van der Waals surface area contributed by atoms with E-state index >= 15 is 0 Å². The minimum absolute atomic E-state index is 0.0558. The molecule has 0 radical (unpaired) electrons. The highest BCUT2D eigenvalue weighted by molar-refractivity contribution is 6.30. The van der Waals surface area contributed by atoms with Crippen molar-refractivity contribution < 1.29 is 19.4 Å². The van der Waals surface area contributed by atoms with Crippen LogP contribution in [0.1, 0.15) is 63.1 Å². The highest BCUT2D eigenvalue weighted by atomic mass is 35.5. The number of nitrogens with zero attached hydrogens (tertiary/aromatic N) is 1. The first-order chi connectivity index (χ1) is 18.7. The van der Waals surface area contributed by atoms with E-state index in [4.69, 9.17) is 26.4 Å². The zero-order chi connectivity index (χ0) is 27.6. The van der Waals surface area contributed by atoms with E-state index in [1.807, 2.05) is 80.6 Å². The van der Waals surface area contributed by atoms with Crippen molar-refractivity contribution in [2.45, 2.75) is 63.6 Å². The standard InChI is InChI=1S/C32H33ClN2O4/c1-32(2)19-27(25-8-4-5-9-28(25)39-32)35-31(38)22-13-16-26-23(18-22)17-21(7-3-6-10-29(36)37)30(34-26)20-11-14-24(33)15-12-20/h4-5,8-9,11-18,23,26-27H,3,6-7,10,19H2,1-2H3,(H,35,38)(H,36,37). The molecule has 6 nitrogen and oxygen atoms in total. The Kier molecular flexibility index (Phi) is 7.76. The van der Waals surface area contributed by atoms with Crippen LogP contribution in [0.25, 0.3) is 0 Å². The van der Waals surface area contributed by atoms with Gasteiger partial charge in [-0.1, -0.05) is 66.2 Å². The molecule has 0 aromatic heterocycles. The monoisotopic (exact) mass is 544 g/mol. The lowest BCUT2D eigenvalue weighted by Crippen LogP contribution is -2.41. The van der Waals surface area contributed by atoms with Crippen LogP contribution in [0.15, 0.2) is 89.0 Å². The molecule has 0 fully saturated rings. The molecule has 5 rings (SSSR count). The van der Waals surface area contributed by atoms with Crippen LogP contribution in [0.2, 0.25) is 5.02 Å². The van der Waals surface area contributed by atoms with Crippen molar-refractivity contribution in [2.24, 2.45) is 10.9 Å². The summed E-state index contributed by atoms with van der Waals surface area (Å²) in [6, 6.07) is 15.2. The number of aliphatic imine (C=N–C) groups is 1. The van der Waals surface area contributed by atoms with Gasteiger partial charge in [-0.15, -0.1) is 0 Å². The largest absolute Gasteiger partial charge is 0.487 e. The lowest BCUT2D eigenvalue weighted by atomic mass is 9.83. The quantitative estimate of drug-likeness (QED) is 0.366. The third-order valence-corrected chi connectivity index (χ3v) is 7.62. The van der Waals surface area contributed by atoms with Gasteiger partial charge in [-0.05, 0) is 56.9 Å². The number of halogens is 1. The van der Waals surface area contributed by atoms with Crippen molar-refractivity contribution in [3.63, 3.8) is 0 Å². The van der Waals surface area contributed by atoms with Gasteiger partial charge < -0.3 is 15.2 Å². The maximum atomic E-state index is 13.4. The van der Waals surface area contributed by atoms with Gasteiger partial charge in [-0.2, -0.15) is 0 Å². The molecule has 1 amide bonds. The first-order valence-electron chi connectivity index (χ1n) is 13.4. The number of carboxylic acid groups (broad SMARTS) is 1. The fraction of sp³-hybridized carbons (Fsp3) is 0.344. The first-order valence-corrected chi connectivity index (χ1v) is 13.8. The number of benzene rings is 2. The molecule has 3 atom stereocenters. The number of para-hydroxylation sites is 1. The maximum Gasteiger partial charge on any atom is 0.303 e. The molecule has 2 aliphatic heterocycles. The molecule has 0 saturated heterocycles. The number of dihydropyridines is 1. The molecule has 0 bridgehead atoms. The Morgan fingerprint density at radius 3 is 2.64 bits per heavy atom. The van der Waals surface area contributed by atoms with Gasteiger partial charge in [0.2, 0.25) is 0 Å². The van der Waals surface area contributed by atoms with E-state index in [9.17, 15) is 9.59 Å². The van der Waals surface area contributed by atoms with Crippen molar-refractivity contribution in [2.75, 3.05) is 0 Å². The van der Waals surface area contributed by atoms with Gasteiger partial charge in [0, 0.05) is 40.5 Å². The second kappa shape index (κ2) is 11.2. The molecule has 0 saturated carbocycles.